The lowest BCUT2D eigenvalue weighted by atomic mass is 10.2. The topological polar surface area (TPSA) is 115 Å². The predicted octanol–water partition coefficient (Wildman–Crippen LogP) is 4.50. The molecule has 3 aromatic carbocycles. The summed E-state index contributed by atoms with van der Waals surface area (Å²) < 4.78 is 16.0. The van der Waals surface area contributed by atoms with Crippen LogP contribution in [0.1, 0.15) is 33.2 Å². The van der Waals surface area contributed by atoms with Crippen LogP contribution in [0.2, 0.25) is 10.0 Å². The average Bonchev–Trinajstić information content (AvgIpc) is 2.90. The first-order valence-corrected chi connectivity index (χ1v) is 11.7. The van der Waals surface area contributed by atoms with Gasteiger partial charge in [-0.25, -0.2) is 10.2 Å². The van der Waals surface area contributed by atoms with E-state index in [-0.39, 0.29) is 28.6 Å². The molecule has 2 amide bonds. The molecule has 0 atom stereocenters. The highest BCUT2D eigenvalue weighted by Gasteiger charge is 2.14. The third-order valence-electron chi connectivity index (χ3n) is 4.79. The van der Waals surface area contributed by atoms with Crippen LogP contribution < -0.4 is 25.0 Å². The number of amides is 2. The second-order valence-corrected chi connectivity index (χ2v) is 8.18. The summed E-state index contributed by atoms with van der Waals surface area (Å²) in [5.74, 6) is -0.464. The van der Waals surface area contributed by atoms with Crippen LogP contribution in [0.15, 0.2) is 65.8 Å². The van der Waals surface area contributed by atoms with Crippen LogP contribution >= 0.6 is 23.2 Å². The molecule has 192 valence electrons. The van der Waals surface area contributed by atoms with Crippen molar-refractivity contribution in [2.45, 2.75) is 6.92 Å². The number of rotatable bonds is 10. The van der Waals surface area contributed by atoms with Crippen LogP contribution in [-0.4, -0.2) is 44.3 Å². The van der Waals surface area contributed by atoms with E-state index in [1.807, 2.05) is 6.92 Å². The zero-order valence-electron chi connectivity index (χ0n) is 19.9. The maximum atomic E-state index is 12.4. The number of methoxy groups -OCH3 is 1. The van der Waals surface area contributed by atoms with Crippen molar-refractivity contribution >= 4 is 47.2 Å². The largest absolute Gasteiger partial charge is 0.494 e. The minimum atomic E-state index is -0.641. The number of carbonyl (C=O) groups is 3. The number of hydrogen-bond donors (Lipinski definition) is 2. The molecule has 0 aromatic heterocycles. The van der Waals surface area contributed by atoms with E-state index < -0.39 is 17.8 Å². The molecular formula is C26H23Cl2N3O6. The van der Waals surface area contributed by atoms with Crippen molar-refractivity contribution in [3.8, 4) is 17.2 Å². The smallest absolute Gasteiger partial charge is 0.343 e. The molecule has 0 saturated heterocycles. The molecule has 0 heterocycles. The van der Waals surface area contributed by atoms with Gasteiger partial charge in [0.25, 0.3) is 11.8 Å². The highest BCUT2D eigenvalue weighted by atomic mass is 35.5. The fourth-order valence-corrected chi connectivity index (χ4v) is 3.28. The number of hydrazone groups is 1. The molecule has 9 nitrogen and oxygen atoms in total. The number of hydrogen-bond acceptors (Lipinski definition) is 7. The number of esters is 1. The van der Waals surface area contributed by atoms with Crippen LogP contribution in [0.25, 0.3) is 0 Å². The number of halogens is 2. The highest BCUT2D eigenvalue weighted by molar-refractivity contribution is 6.42. The van der Waals surface area contributed by atoms with Crippen molar-refractivity contribution in [1.82, 2.24) is 10.7 Å². The van der Waals surface area contributed by atoms with Gasteiger partial charge in [-0.1, -0.05) is 23.2 Å². The van der Waals surface area contributed by atoms with Gasteiger partial charge in [0, 0.05) is 5.56 Å². The second kappa shape index (κ2) is 13.3. The fraction of sp³-hybridized carbons (Fsp3) is 0.154. The van der Waals surface area contributed by atoms with E-state index in [2.05, 4.69) is 15.8 Å². The Morgan fingerprint density at radius 1 is 0.919 bits per heavy atom. The van der Waals surface area contributed by atoms with Crippen molar-refractivity contribution in [3.05, 3.63) is 87.4 Å². The van der Waals surface area contributed by atoms with Gasteiger partial charge in [0.1, 0.15) is 5.75 Å². The number of ether oxygens (including phenoxy) is 3. The normalized spacial score (nSPS) is 10.6. The molecule has 0 bridgehead atoms. The Kier molecular flexibility index (Phi) is 9.88. The molecule has 11 heteroatoms. The van der Waals surface area contributed by atoms with Crippen molar-refractivity contribution < 1.29 is 28.6 Å². The van der Waals surface area contributed by atoms with E-state index in [4.69, 9.17) is 37.4 Å². The van der Waals surface area contributed by atoms with Crippen molar-refractivity contribution in [1.29, 1.82) is 0 Å². The molecule has 0 fully saturated rings. The minimum Gasteiger partial charge on any atom is -0.494 e. The molecule has 3 rings (SSSR count). The lowest BCUT2D eigenvalue weighted by Crippen LogP contribution is -2.34. The lowest BCUT2D eigenvalue weighted by Gasteiger charge is -2.10. The molecule has 0 aliphatic rings. The van der Waals surface area contributed by atoms with E-state index in [1.54, 1.807) is 36.4 Å². The quantitative estimate of drug-likeness (QED) is 0.168. The zero-order valence-corrected chi connectivity index (χ0v) is 21.4. The van der Waals surface area contributed by atoms with E-state index in [0.29, 0.717) is 28.5 Å². The highest BCUT2D eigenvalue weighted by Crippen LogP contribution is 2.29. The van der Waals surface area contributed by atoms with Crippen molar-refractivity contribution in [2.75, 3.05) is 20.3 Å². The first-order valence-electron chi connectivity index (χ1n) is 11.0. The average molecular weight is 544 g/mol. The van der Waals surface area contributed by atoms with Crippen LogP contribution in [0.4, 0.5) is 0 Å². The van der Waals surface area contributed by atoms with Gasteiger partial charge in [-0.2, -0.15) is 5.10 Å². The molecule has 3 aromatic rings. The molecule has 0 aliphatic carbocycles. The molecular weight excluding hydrogens is 521 g/mol. The summed E-state index contributed by atoms with van der Waals surface area (Å²) in [6.07, 6.45) is 1.37. The van der Waals surface area contributed by atoms with Gasteiger partial charge in [-0.15, -0.1) is 0 Å². The fourth-order valence-electron chi connectivity index (χ4n) is 2.98. The summed E-state index contributed by atoms with van der Waals surface area (Å²) in [5.41, 5.74) is 3.50. The Bertz CT molecular complexity index is 1310. The Morgan fingerprint density at radius 2 is 1.65 bits per heavy atom. The number of carbonyl (C=O) groups excluding carboxylic acids is 3. The summed E-state index contributed by atoms with van der Waals surface area (Å²) in [4.78, 5) is 36.6. The first-order chi connectivity index (χ1) is 17.8. The Labute approximate surface area is 223 Å². The molecule has 0 spiro atoms. The summed E-state index contributed by atoms with van der Waals surface area (Å²) >= 11 is 11.8. The third kappa shape index (κ3) is 7.96. The lowest BCUT2D eigenvalue weighted by molar-refractivity contribution is -0.120. The van der Waals surface area contributed by atoms with Crippen molar-refractivity contribution in [2.24, 2.45) is 5.10 Å². The molecule has 0 unspecified atom stereocenters. The SMILES string of the molecule is CCOc1ccc(C(=O)NCC(=O)N/N=C/c2ccc(OC(=O)c3ccc(Cl)c(Cl)c3)c(OC)c2)cc1. The predicted molar refractivity (Wildman–Crippen MR) is 140 cm³/mol. The van der Waals surface area contributed by atoms with Crippen LogP contribution in [0.5, 0.6) is 17.2 Å². The Hall–Kier alpha value is -4.08. The van der Waals surface area contributed by atoms with Crippen LogP contribution in [0.3, 0.4) is 0 Å². The summed E-state index contributed by atoms with van der Waals surface area (Å²) in [7, 11) is 1.42. The van der Waals surface area contributed by atoms with Gasteiger partial charge in [0.15, 0.2) is 11.5 Å². The van der Waals surface area contributed by atoms with Gasteiger partial charge >= 0.3 is 5.97 Å². The molecule has 0 radical (unpaired) electrons. The molecule has 0 saturated carbocycles. The summed E-state index contributed by atoms with van der Waals surface area (Å²) in [6.45, 7) is 2.12. The summed E-state index contributed by atoms with van der Waals surface area (Å²) in [6, 6.07) is 15.7. The third-order valence-corrected chi connectivity index (χ3v) is 5.52. The van der Waals surface area contributed by atoms with Crippen LogP contribution in [-0.2, 0) is 4.79 Å². The number of nitrogens with one attached hydrogen (secondary N) is 2. The molecule has 2 N–H and O–H groups in total. The zero-order chi connectivity index (χ0) is 26.8. The number of benzene rings is 3. The summed E-state index contributed by atoms with van der Waals surface area (Å²) in [5, 5.41) is 6.94. The Balaban J connectivity index is 1.52. The van der Waals surface area contributed by atoms with Gasteiger partial charge in [0.2, 0.25) is 0 Å². The Morgan fingerprint density at radius 3 is 2.32 bits per heavy atom. The second-order valence-electron chi connectivity index (χ2n) is 7.36. The monoisotopic (exact) mass is 543 g/mol. The number of nitrogens with zero attached hydrogens (tertiary/aromatic N) is 1. The van der Waals surface area contributed by atoms with E-state index >= 15 is 0 Å². The van der Waals surface area contributed by atoms with Gasteiger partial charge in [-0.3, -0.25) is 9.59 Å². The maximum Gasteiger partial charge on any atom is 0.343 e. The van der Waals surface area contributed by atoms with Gasteiger partial charge in [0.05, 0.1) is 42.1 Å². The van der Waals surface area contributed by atoms with Gasteiger partial charge < -0.3 is 19.5 Å². The molecule has 37 heavy (non-hydrogen) atoms. The standard InChI is InChI=1S/C26H23Cl2N3O6/c1-3-36-19-8-5-17(6-9-19)25(33)29-15-24(32)31-30-14-16-4-11-22(23(12-16)35-2)37-26(34)18-7-10-20(27)21(28)13-18/h4-14H,3,15H2,1-2H3,(H,29,33)(H,31,32)/b30-14+. The van der Waals surface area contributed by atoms with E-state index in [9.17, 15) is 14.4 Å². The molecule has 0 aliphatic heterocycles. The van der Waals surface area contributed by atoms with Gasteiger partial charge in [-0.05, 0) is 73.2 Å². The van der Waals surface area contributed by atoms with E-state index in [0.717, 1.165) is 0 Å². The van der Waals surface area contributed by atoms with E-state index in [1.165, 1.54) is 37.6 Å². The first kappa shape index (κ1) is 27.5. The maximum absolute atomic E-state index is 12.4. The van der Waals surface area contributed by atoms with Crippen LogP contribution in [0, 0.1) is 0 Å². The minimum absolute atomic E-state index is 0.178. The van der Waals surface area contributed by atoms with Crippen molar-refractivity contribution in [3.63, 3.8) is 0 Å².